The number of nitrogens with zero attached hydrogens (tertiary/aromatic N) is 1. The van der Waals surface area contributed by atoms with E-state index in [-0.39, 0.29) is 24.3 Å². The first-order valence-corrected chi connectivity index (χ1v) is 8.44. The third kappa shape index (κ3) is 5.01. The first-order chi connectivity index (χ1) is 11.8. The number of aryl methyl sites for hydroxylation is 1. The van der Waals surface area contributed by atoms with Crippen molar-refractivity contribution in [3.63, 3.8) is 0 Å². The SMILES string of the molecule is Cc1cc(NC(=O)[C@H]2CCCN(C(=O)C(=O)NC(C)C)C2)ccc1F. The van der Waals surface area contributed by atoms with Gasteiger partial charge in [-0.1, -0.05) is 0 Å². The van der Waals surface area contributed by atoms with E-state index in [4.69, 9.17) is 0 Å². The maximum atomic E-state index is 13.3. The van der Waals surface area contributed by atoms with Crippen LogP contribution in [0.2, 0.25) is 0 Å². The molecule has 6 nitrogen and oxygen atoms in total. The molecule has 0 saturated carbocycles. The standard InChI is InChI=1S/C18H24FN3O3/c1-11(2)20-17(24)18(25)22-8-4-5-13(10-22)16(23)21-14-6-7-15(19)12(3)9-14/h6-7,9,11,13H,4-5,8,10H2,1-3H3,(H,20,24)(H,21,23)/t13-/m0/s1. The second-order valence-electron chi connectivity index (χ2n) is 6.67. The third-order valence-corrected chi connectivity index (χ3v) is 4.12. The molecule has 0 radical (unpaired) electrons. The zero-order valence-corrected chi connectivity index (χ0v) is 14.8. The summed E-state index contributed by atoms with van der Waals surface area (Å²) in [5, 5.41) is 5.33. The zero-order chi connectivity index (χ0) is 18.6. The Morgan fingerprint density at radius 3 is 2.64 bits per heavy atom. The molecule has 2 rings (SSSR count). The van der Waals surface area contributed by atoms with Crippen LogP contribution in [0.4, 0.5) is 10.1 Å². The highest BCUT2D eigenvalue weighted by Crippen LogP contribution is 2.20. The molecular weight excluding hydrogens is 325 g/mol. The van der Waals surface area contributed by atoms with Crippen LogP contribution in [-0.2, 0) is 14.4 Å². The van der Waals surface area contributed by atoms with Crippen molar-refractivity contribution in [2.45, 2.75) is 39.7 Å². The minimum Gasteiger partial charge on any atom is -0.346 e. The lowest BCUT2D eigenvalue weighted by Gasteiger charge is -2.31. The minimum absolute atomic E-state index is 0.123. The van der Waals surface area contributed by atoms with Crippen molar-refractivity contribution in [2.75, 3.05) is 18.4 Å². The van der Waals surface area contributed by atoms with Crippen LogP contribution >= 0.6 is 0 Å². The topological polar surface area (TPSA) is 78.5 Å². The average molecular weight is 349 g/mol. The second-order valence-corrected chi connectivity index (χ2v) is 6.67. The number of halogens is 1. The van der Waals surface area contributed by atoms with Gasteiger partial charge < -0.3 is 15.5 Å². The predicted octanol–water partition coefficient (Wildman–Crippen LogP) is 1.84. The summed E-state index contributed by atoms with van der Waals surface area (Å²) in [4.78, 5) is 37.9. The number of hydrogen-bond donors (Lipinski definition) is 2. The van der Waals surface area contributed by atoms with Crippen molar-refractivity contribution in [3.05, 3.63) is 29.6 Å². The van der Waals surface area contributed by atoms with Gasteiger partial charge in [0.1, 0.15) is 5.82 Å². The molecule has 136 valence electrons. The largest absolute Gasteiger partial charge is 0.346 e. The molecule has 1 aliphatic heterocycles. The van der Waals surface area contributed by atoms with E-state index in [9.17, 15) is 18.8 Å². The summed E-state index contributed by atoms with van der Waals surface area (Å²) in [6.07, 6.45) is 1.29. The number of carbonyl (C=O) groups excluding carboxylic acids is 3. The minimum atomic E-state index is -0.648. The number of anilines is 1. The number of benzene rings is 1. The summed E-state index contributed by atoms with van der Waals surface area (Å²) in [6, 6.07) is 4.25. The van der Waals surface area contributed by atoms with Crippen LogP contribution in [0.1, 0.15) is 32.3 Å². The van der Waals surface area contributed by atoms with Gasteiger partial charge in [0, 0.05) is 24.8 Å². The third-order valence-electron chi connectivity index (χ3n) is 4.12. The van der Waals surface area contributed by atoms with Gasteiger partial charge in [0.2, 0.25) is 5.91 Å². The average Bonchev–Trinajstić information content (AvgIpc) is 2.57. The van der Waals surface area contributed by atoms with Gasteiger partial charge in [-0.25, -0.2) is 4.39 Å². The van der Waals surface area contributed by atoms with Crippen LogP contribution in [0.3, 0.4) is 0 Å². The van der Waals surface area contributed by atoms with Crippen LogP contribution < -0.4 is 10.6 Å². The number of piperidine rings is 1. The molecule has 3 amide bonds. The zero-order valence-electron chi connectivity index (χ0n) is 14.8. The van der Waals surface area contributed by atoms with E-state index in [0.717, 1.165) is 0 Å². The van der Waals surface area contributed by atoms with Crippen LogP contribution in [0, 0.1) is 18.7 Å². The summed E-state index contributed by atoms with van der Waals surface area (Å²) in [7, 11) is 0. The van der Waals surface area contributed by atoms with E-state index < -0.39 is 17.7 Å². The molecule has 0 aliphatic carbocycles. The van der Waals surface area contributed by atoms with Crippen molar-refractivity contribution < 1.29 is 18.8 Å². The highest BCUT2D eigenvalue weighted by molar-refractivity contribution is 6.35. The van der Waals surface area contributed by atoms with Gasteiger partial charge in [0.25, 0.3) is 0 Å². The molecule has 1 heterocycles. The normalized spacial score (nSPS) is 17.3. The first kappa shape index (κ1) is 18.9. The molecular formula is C18H24FN3O3. The van der Waals surface area contributed by atoms with Gasteiger partial charge in [-0.15, -0.1) is 0 Å². The Labute approximate surface area is 146 Å². The second kappa shape index (κ2) is 8.09. The fourth-order valence-corrected chi connectivity index (χ4v) is 2.81. The summed E-state index contributed by atoms with van der Waals surface area (Å²) >= 11 is 0. The van der Waals surface area contributed by atoms with E-state index >= 15 is 0 Å². The molecule has 1 atom stereocenters. The lowest BCUT2D eigenvalue weighted by Crippen LogP contribution is -2.50. The Morgan fingerprint density at radius 1 is 1.28 bits per heavy atom. The van der Waals surface area contributed by atoms with E-state index in [1.54, 1.807) is 26.8 Å². The van der Waals surface area contributed by atoms with Gasteiger partial charge in [-0.2, -0.15) is 0 Å². The highest BCUT2D eigenvalue weighted by atomic mass is 19.1. The summed E-state index contributed by atoms with van der Waals surface area (Å²) in [5.74, 6) is -2.21. The molecule has 1 fully saturated rings. The van der Waals surface area contributed by atoms with Crippen LogP contribution in [0.15, 0.2) is 18.2 Å². The quantitative estimate of drug-likeness (QED) is 0.817. The van der Waals surface area contributed by atoms with Crippen LogP contribution in [0.25, 0.3) is 0 Å². The number of amides is 3. The molecule has 7 heteroatoms. The van der Waals surface area contributed by atoms with Gasteiger partial charge in [0.15, 0.2) is 0 Å². The fraction of sp³-hybridized carbons (Fsp3) is 0.500. The van der Waals surface area contributed by atoms with Crippen molar-refractivity contribution >= 4 is 23.4 Å². The summed E-state index contributed by atoms with van der Waals surface area (Å²) in [5.41, 5.74) is 0.966. The monoisotopic (exact) mass is 349 g/mol. The number of carbonyl (C=O) groups is 3. The van der Waals surface area contributed by atoms with Crippen LogP contribution in [0.5, 0.6) is 0 Å². The molecule has 0 unspecified atom stereocenters. The Hall–Kier alpha value is -2.44. The Kier molecular flexibility index (Phi) is 6.12. The van der Waals surface area contributed by atoms with E-state index in [0.29, 0.717) is 30.6 Å². The van der Waals surface area contributed by atoms with Crippen LogP contribution in [-0.4, -0.2) is 41.8 Å². The van der Waals surface area contributed by atoms with E-state index in [2.05, 4.69) is 10.6 Å². The molecule has 1 aliphatic rings. The number of rotatable bonds is 3. The Bertz CT molecular complexity index is 676. The molecule has 0 spiro atoms. The van der Waals surface area contributed by atoms with Gasteiger partial charge in [0.05, 0.1) is 5.92 Å². The predicted molar refractivity (Wildman–Crippen MR) is 92.3 cm³/mol. The maximum Gasteiger partial charge on any atom is 0.311 e. The molecule has 0 bridgehead atoms. The van der Waals surface area contributed by atoms with Crippen molar-refractivity contribution in [3.8, 4) is 0 Å². The maximum absolute atomic E-state index is 13.3. The fourth-order valence-electron chi connectivity index (χ4n) is 2.81. The number of likely N-dealkylation sites (tertiary alicyclic amines) is 1. The number of nitrogens with one attached hydrogen (secondary N) is 2. The molecule has 0 aromatic heterocycles. The summed E-state index contributed by atoms with van der Waals surface area (Å²) < 4.78 is 13.3. The summed E-state index contributed by atoms with van der Waals surface area (Å²) in [6.45, 7) is 5.85. The lowest BCUT2D eigenvalue weighted by atomic mass is 9.96. The van der Waals surface area contributed by atoms with Crippen molar-refractivity contribution in [1.82, 2.24) is 10.2 Å². The molecule has 1 aromatic rings. The van der Waals surface area contributed by atoms with Gasteiger partial charge in [-0.3, -0.25) is 14.4 Å². The van der Waals surface area contributed by atoms with Gasteiger partial charge >= 0.3 is 11.8 Å². The van der Waals surface area contributed by atoms with E-state index in [1.165, 1.54) is 17.0 Å². The van der Waals surface area contributed by atoms with Crippen molar-refractivity contribution in [1.29, 1.82) is 0 Å². The Balaban J connectivity index is 1.97. The molecule has 1 saturated heterocycles. The number of hydrogen-bond acceptors (Lipinski definition) is 3. The van der Waals surface area contributed by atoms with Gasteiger partial charge in [-0.05, 0) is 57.4 Å². The smallest absolute Gasteiger partial charge is 0.311 e. The molecule has 2 N–H and O–H groups in total. The highest BCUT2D eigenvalue weighted by Gasteiger charge is 2.31. The van der Waals surface area contributed by atoms with Crippen molar-refractivity contribution in [2.24, 2.45) is 5.92 Å². The molecule has 25 heavy (non-hydrogen) atoms. The lowest BCUT2D eigenvalue weighted by molar-refractivity contribution is -0.147. The first-order valence-electron chi connectivity index (χ1n) is 8.44. The van der Waals surface area contributed by atoms with E-state index in [1.807, 2.05) is 0 Å². The Morgan fingerprint density at radius 2 is 2.00 bits per heavy atom. The molecule has 1 aromatic carbocycles.